The van der Waals surface area contributed by atoms with Gasteiger partial charge in [-0.25, -0.2) is 4.79 Å². The van der Waals surface area contributed by atoms with Crippen LogP contribution in [-0.2, 0) is 9.53 Å². The number of halogens is 3. The van der Waals surface area contributed by atoms with Crippen molar-refractivity contribution in [3.8, 4) is 0 Å². The van der Waals surface area contributed by atoms with E-state index in [0.29, 0.717) is 15.7 Å². The van der Waals surface area contributed by atoms with E-state index in [0.717, 1.165) is 0 Å². The van der Waals surface area contributed by atoms with E-state index >= 15 is 0 Å². The lowest BCUT2D eigenvalue weighted by Crippen LogP contribution is -2.12. The van der Waals surface area contributed by atoms with E-state index in [1.165, 1.54) is 0 Å². The van der Waals surface area contributed by atoms with Gasteiger partial charge in [-0.1, -0.05) is 23.2 Å². The number of hydrazone groups is 1. The summed E-state index contributed by atoms with van der Waals surface area (Å²) in [5.74, 6) is -0.542. The highest BCUT2D eigenvalue weighted by molar-refractivity contribution is 9.19. The van der Waals surface area contributed by atoms with Crippen LogP contribution in [0.1, 0.15) is 6.92 Å². The van der Waals surface area contributed by atoms with E-state index in [4.69, 9.17) is 27.9 Å². The van der Waals surface area contributed by atoms with Gasteiger partial charge in [-0.05, 0) is 41.1 Å². The van der Waals surface area contributed by atoms with Crippen LogP contribution < -0.4 is 5.43 Å². The van der Waals surface area contributed by atoms with Crippen LogP contribution in [0.5, 0.6) is 0 Å². The molecule has 0 unspecified atom stereocenters. The molecule has 0 spiro atoms. The van der Waals surface area contributed by atoms with Crippen LogP contribution in [0.2, 0.25) is 10.0 Å². The van der Waals surface area contributed by atoms with Gasteiger partial charge in [-0.15, -0.1) is 0 Å². The molecule has 4 nitrogen and oxygen atoms in total. The number of ether oxygens (including phenoxy) is 1. The van der Waals surface area contributed by atoms with Crippen molar-refractivity contribution in [1.29, 1.82) is 0 Å². The molecule has 0 saturated heterocycles. The molecule has 0 saturated carbocycles. The Bertz CT molecular complexity index is 452. The number of esters is 1. The van der Waals surface area contributed by atoms with E-state index in [1.807, 2.05) is 0 Å². The first-order chi connectivity index (χ1) is 8.04. The van der Waals surface area contributed by atoms with Crippen molar-refractivity contribution in [2.45, 2.75) is 6.92 Å². The Labute approximate surface area is 117 Å². The Morgan fingerprint density at radius 2 is 2.18 bits per heavy atom. The number of hydrogen-bond acceptors (Lipinski definition) is 4. The topological polar surface area (TPSA) is 50.7 Å². The highest BCUT2D eigenvalue weighted by Crippen LogP contribution is 2.24. The number of anilines is 1. The van der Waals surface area contributed by atoms with E-state index in [2.05, 4.69) is 26.5 Å². The normalized spacial score (nSPS) is 11.2. The molecule has 0 aromatic heterocycles. The fourth-order valence-electron chi connectivity index (χ4n) is 0.916. The van der Waals surface area contributed by atoms with Gasteiger partial charge in [0.1, 0.15) is 0 Å². The summed E-state index contributed by atoms with van der Waals surface area (Å²) in [6, 6.07) is 4.90. The third-order valence-electron chi connectivity index (χ3n) is 1.65. The number of hydrogen-bond donors (Lipinski definition) is 1. The van der Waals surface area contributed by atoms with Crippen molar-refractivity contribution in [3.05, 3.63) is 28.2 Å². The number of benzene rings is 1. The summed E-state index contributed by atoms with van der Waals surface area (Å²) in [6.07, 6.45) is 0. The molecule has 0 aliphatic carbocycles. The fraction of sp³-hybridized carbons (Fsp3) is 0.200. The maximum absolute atomic E-state index is 11.2. The first-order valence-corrected chi connectivity index (χ1v) is 6.21. The highest BCUT2D eigenvalue weighted by atomic mass is 79.9. The molecule has 92 valence electrons. The minimum atomic E-state index is -0.542. The van der Waals surface area contributed by atoms with Crippen molar-refractivity contribution in [3.63, 3.8) is 0 Å². The number of rotatable bonds is 4. The molecule has 0 atom stereocenters. The Hall–Kier alpha value is -0.780. The SMILES string of the molecule is CCOC(=O)C(Br)=NNc1ccc(Cl)c(Cl)c1. The molecule has 1 rings (SSSR count). The van der Waals surface area contributed by atoms with Crippen LogP contribution in [0.25, 0.3) is 0 Å². The van der Waals surface area contributed by atoms with Gasteiger partial charge >= 0.3 is 5.97 Å². The summed E-state index contributed by atoms with van der Waals surface area (Å²) >= 11 is 14.6. The predicted octanol–water partition coefficient (Wildman–Crippen LogP) is 3.68. The standard InChI is InChI=1S/C10H9BrCl2N2O2/c1-2-17-10(16)9(11)15-14-6-3-4-7(12)8(13)5-6/h3-5,14H,2H2,1H3. The van der Waals surface area contributed by atoms with Gasteiger partial charge in [0.25, 0.3) is 0 Å². The summed E-state index contributed by atoms with van der Waals surface area (Å²) in [5.41, 5.74) is 3.26. The van der Waals surface area contributed by atoms with E-state index < -0.39 is 5.97 Å². The van der Waals surface area contributed by atoms with Crippen LogP contribution in [0, 0.1) is 0 Å². The zero-order chi connectivity index (χ0) is 12.8. The third kappa shape index (κ3) is 4.53. The molecule has 0 amide bonds. The lowest BCUT2D eigenvalue weighted by molar-refractivity contribution is -0.134. The molecule has 0 bridgehead atoms. The summed E-state index contributed by atoms with van der Waals surface area (Å²) in [7, 11) is 0. The van der Waals surface area contributed by atoms with Crippen LogP contribution in [-0.4, -0.2) is 17.2 Å². The molecule has 1 aromatic carbocycles. The maximum atomic E-state index is 11.2. The van der Waals surface area contributed by atoms with E-state index in [9.17, 15) is 4.79 Å². The molecule has 0 fully saturated rings. The minimum Gasteiger partial charge on any atom is -0.461 e. The van der Waals surface area contributed by atoms with Crippen molar-refractivity contribution in [2.24, 2.45) is 5.10 Å². The molecule has 0 aliphatic heterocycles. The zero-order valence-electron chi connectivity index (χ0n) is 8.84. The van der Waals surface area contributed by atoms with Crippen molar-refractivity contribution in [2.75, 3.05) is 12.0 Å². The largest absolute Gasteiger partial charge is 0.461 e. The number of nitrogens with one attached hydrogen (secondary N) is 1. The second kappa shape index (κ2) is 6.83. The predicted molar refractivity (Wildman–Crippen MR) is 73.1 cm³/mol. The van der Waals surface area contributed by atoms with Crippen molar-refractivity contribution >= 4 is 55.4 Å². The van der Waals surface area contributed by atoms with Crippen LogP contribution in [0.4, 0.5) is 5.69 Å². The maximum Gasteiger partial charge on any atom is 0.366 e. The smallest absolute Gasteiger partial charge is 0.366 e. The van der Waals surface area contributed by atoms with E-state index in [1.54, 1.807) is 25.1 Å². The molecule has 0 aliphatic rings. The quantitative estimate of drug-likeness (QED) is 0.517. The molecule has 0 heterocycles. The Balaban J connectivity index is 2.69. The zero-order valence-corrected chi connectivity index (χ0v) is 11.9. The van der Waals surface area contributed by atoms with Gasteiger partial charge in [-0.2, -0.15) is 5.10 Å². The molecular weight excluding hydrogens is 331 g/mol. The number of carbonyl (C=O) groups is 1. The first-order valence-electron chi connectivity index (χ1n) is 4.66. The summed E-state index contributed by atoms with van der Waals surface area (Å²) < 4.78 is 4.78. The van der Waals surface area contributed by atoms with Gasteiger partial charge in [0.05, 0.1) is 22.3 Å². The number of nitrogens with zero attached hydrogens (tertiary/aromatic N) is 1. The van der Waals surface area contributed by atoms with Gasteiger partial charge in [-0.3, -0.25) is 5.43 Å². The minimum absolute atomic E-state index is 0.0467. The Kier molecular flexibility index (Phi) is 5.74. The third-order valence-corrected chi connectivity index (χ3v) is 2.89. The van der Waals surface area contributed by atoms with Crippen molar-refractivity contribution in [1.82, 2.24) is 0 Å². The lowest BCUT2D eigenvalue weighted by atomic mass is 10.3. The molecule has 7 heteroatoms. The molecule has 17 heavy (non-hydrogen) atoms. The molecule has 1 aromatic rings. The lowest BCUT2D eigenvalue weighted by Gasteiger charge is -2.03. The Morgan fingerprint density at radius 1 is 1.47 bits per heavy atom. The monoisotopic (exact) mass is 338 g/mol. The summed E-state index contributed by atoms with van der Waals surface area (Å²) in [4.78, 5) is 11.2. The van der Waals surface area contributed by atoms with Crippen LogP contribution >= 0.6 is 39.1 Å². The Morgan fingerprint density at radius 3 is 2.76 bits per heavy atom. The average Bonchev–Trinajstić information content (AvgIpc) is 2.30. The average molecular weight is 340 g/mol. The number of carbonyl (C=O) groups excluding carboxylic acids is 1. The van der Waals surface area contributed by atoms with Gasteiger partial charge < -0.3 is 4.74 Å². The van der Waals surface area contributed by atoms with E-state index in [-0.39, 0.29) is 11.2 Å². The first kappa shape index (κ1) is 14.3. The second-order valence-corrected chi connectivity index (χ2v) is 4.43. The highest BCUT2D eigenvalue weighted by Gasteiger charge is 2.08. The van der Waals surface area contributed by atoms with Gasteiger partial charge in [0.2, 0.25) is 4.62 Å². The second-order valence-electron chi connectivity index (χ2n) is 2.86. The van der Waals surface area contributed by atoms with Gasteiger partial charge in [0.15, 0.2) is 0 Å². The molecular formula is C10H9BrCl2N2O2. The van der Waals surface area contributed by atoms with Crippen LogP contribution in [0.15, 0.2) is 23.3 Å². The molecule has 0 radical (unpaired) electrons. The van der Waals surface area contributed by atoms with Gasteiger partial charge in [0, 0.05) is 0 Å². The van der Waals surface area contributed by atoms with Crippen LogP contribution in [0.3, 0.4) is 0 Å². The summed E-state index contributed by atoms with van der Waals surface area (Å²) in [6.45, 7) is 2.00. The van der Waals surface area contributed by atoms with Crippen molar-refractivity contribution < 1.29 is 9.53 Å². The summed E-state index contributed by atoms with van der Waals surface area (Å²) in [5, 5.41) is 4.64. The fourth-order valence-corrected chi connectivity index (χ4v) is 1.42. The molecule has 1 N–H and O–H groups in total.